The molecule has 3 rings (SSSR count). The van der Waals surface area contributed by atoms with Gasteiger partial charge < -0.3 is 15.5 Å². The summed E-state index contributed by atoms with van der Waals surface area (Å²) in [6.07, 6.45) is 3.21. The minimum absolute atomic E-state index is 0. The van der Waals surface area contributed by atoms with Crippen molar-refractivity contribution >= 4 is 53.3 Å². The number of halogens is 1. The van der Waals surface area contributed by atoms with Gasteiger partial charge in [-0.15, -0.1) is 24.0 Å². The van der Waals surface area contributed by atoms with Gasteiger partial charge in [-0.2, -0.15) is 11.8 Å². The summed E-state index contributed by atoms with van der Waals surface area (Å²) in [6, 6.07) is 8.07. The zero-order chi connectivity index (χ0) is 19.3. The molecule has 1 saturated heterocycles. The van der Waals surface area contributed by atoms with Crippen LogP contribution < -0.4 is 10.6 Å². The number of thioether (sulfide) groups is 1. The summed E-state index contributed by atoms with van der Waals surface area (Å²) in [7, 11) is 0. The van der Waals surface area contributed by atoms with Crippen LogP contribution in [-0.2, 0) is 11.3 Å². The molecule has 1 aliphatic carbocycles. The fraction of sp³-hybridized carbons (Fsp3) is 0.619. The van der Waals surface area contributed by atoms with Crippen LogP contribution in [0.5, 0.6) is 0 Å². The molecule has 156 valence electrons. The number of amides is 1. The summed E-state index contributed by atoms with van der Waals surface area (Å²) < 4.78 is 0.250. The Kier molecular flexibility index (Phi) is 8.92. The lowest BCUT2D eigenvalue weighted by molar-refractivity contribution is -0.122. The van der Waals surface area contributed by atoms with Crippen molar-refractivity contribution in [3.8, 4) is 0 Å². The van der Waals surface area contributed by atoms with E-state index in [-0.39, 0.29) is 40.5 Å². The number of carbonyl (C=O) groups is 1. The van der Waals surface area contributed by atoms with Crippen LogP contribution in [0.15, 0.2) is 29.3 Å². The molecule has 0 atom stereocenters. The van der Waals surface area contributed by atoms with Gasteiger partial charge >= 0.3 is 0 Å². The van der Waals surface area contributed by atoms with Crippen LogP contribution in [-0.4, -0.2) is 46.9 Å². The second kappa shape index (κ2) is 10.7. The van der Waals surface area contributed by atoms with E-state index in [9.17, 15) is 4.79 Å². The third kappa shape index (κ3) is 6.54. The average molecular weight is 516 g/mol. The highest BCUT2D eigenvalue weighted by atomic mass is 127. The molecular weight excluding hydrogens is 483 g/mol. The van der Waals surface area contributed by atoms with Gasteiger partial charge in [-0.1, -0.05) is 18.6 Å². The molecule has 1 saturated carbocycles. The van der Waals surface area contributed by atoms with Crippen LogP contribution in [0.3, 0.4) is 0 Å². The van der Waals surface area contributed by atoms with Gasteiger partial charge in [0.2, 0.25) is 5.91 Å². The van der Waals surface area contributed by atoms with E-state index in [0.717, 1.165) is 55.4 Å². The molecule has 1 aromatic rings. The molecule has 2 aliphatic rings. The fourth-order valence-corrected chi connectivity index (χ4v) is 4.56. The standard InChI is InChI=1S/C21H32N4OS.HI/c1-4-22-20(25-11-12-27-21(2,3)15-25)23-14-16-7-5-10-18(13-16)24-19(26)17-8-6-9-17;/h5,7,10,13,17H,4,6,8-9,11-12,14-15H2,1-3H3,(H,22,23)(H,24,26);1H. The monoisotopic (exact) mass is 516 g/mol. The molecular formula is C21H33IN4OS. The molecule has 0 spiro atoms. The normalized spacial score (nSPS) is 19.4. The summed E-state index contributed by atoms with van der Waals surface area (Å²) >= 11 is 2.03. The van der Waals surface area contributed by atoms with Crippen LogP contribution in [0.4, 0.5) is 5.69 Å². The van der Waals surface area contributed by atoms with Crippen molar-refractivity contribution in [1.82, 2.24) is 10.2 Å². The Balaban J connectivity index is 0.00000280. The second-order valence-electron chi connectivity index (χ2n) is 8.02. The van der Waals surface area contributed by atoms with Crippen LogP contribution in [0.1, 0.15) is 45.6 Å². The lowest BCUT2D eigenvalue weighted by Gasteiger charge is -2.39. The Morgan fingerprint density at radius 2 is 2.14 bits per heavy atom. The van der Waals surface area contributed by atoms with E-state index in [2.05, 4.69) is 42.4 Å². The molecule has 1 heterocycles. The highest BCUT2D eigenvalue weighted by molar-refractivity contribution is 14.0. The number of aliphatic imine (C=N–C) groups is 1. The summed E-state index contributed by atoms with van der Waals surface area (Å²) in [5.41, 5.74) is 1.99. The second-order valence-corrected chi connectivity index (χ2v) is 9.82. The van der Waals surface area contributed by atoms with Crippen molar-refractivity contribution < 1.29 is 4.79 Å². The van der Waals surface area contributed by atoms with E-state index in [1.54, 1.807) is 0 Å². The van der Waals surface area contributed by atoms with Gasteiger partial charge in [0.1, 0.15) is 0 Å². The molecule has 1 aliphatic heterocycles. The predicted octanol–water partition coefficient (Wildman–Crippen LogP) is 4.34. The van der Waals surface area contributed by atoms with Crippen molar-refractivity contribution in [2.45, 2.75) is 51.3 Å². The quantitative estimate of drug-likeness (QED) is 0.348. The smallest absolute Gasteiger partial charge is 0.227 e. The van der Waals surface area contributed by atoms with E-state index in [1.165, 1.54) is 6.42 Å². The van der Waals surface area contributed by atoms with Crippen molar-refractivity contribution in [1.29, 1.82) is 0 Å². The molecule has 0 radical (unpaired) electrons. The van der Waals surface area contributed by atoms with Crippen molar-refractivity contribution in [2.75, 3.05) is 30.7 Å². The molecule has 0 aromatic heterocycles. The molecule has 0 unspecified atom stereocenters. The van der Waals surface area contributed by atoms with Crippen LogP contribution >= 0.6 is 35.7 Å². The van der Waals surface area contributed by atoms with Gasteiger partial charge in [-0.3, -0.25) is 4.79 Å². The van der Waals surface area contributed by atoms with Crippen molar-refractivity contribution in [3.63, 3.8) is 0 Å². The van der Waals surface area contributed by atoms with Gasteiger partial charge in [0, 0.05) is 41.7 Å². The van der Waals surface area contributed by atoms with Crippen LogP contribution in [0, 0.1) is 5.92 Å². The van der Waals surface area contributed by atoms with E-state index < -0.39 is 0 Å². The third-order valence-electron chi connectivity index (χ3n) is 5.14. The molecule has 2 fully saturated rings. The maximum Gasteiger partial charge on any atom is 0.227 e. The topological polar surface area (TPSA) is 56.7 Å². The largest absolute Gasteiger partial charge is 0.357 e. The first-order valence-corrected chi connectivity index (χ1v) is 11.0. The number of anilines is 1. The molecule has 28 heavy (non-hydrogen) atoms. The fourth-order valence-electron chi connectivity index (χ4n) is 3.45. The number of carbonyl (C=O) groups excluding carboxylic acids is 1. The van der Waals surface area contributed by atoms with Gasteiger partial charge in [-0.05, 0) is 51.3 Å². The zero-order valence-corrected chi connectivity index (χ0v) is 20.3. The van der Waals surface area contributed by atoms with Gasteiger partial charge in [0.05, 0.1) is 6.54 Å². The molecule has 0 bridgehead atoms. The summed E-state index contributed by atoms with van der Waals surface area (Å²) in [4.78, 5) is 19.4. The lowest BCUT2D eigenvalue weighted by atomic mass is 9.85. The Bertz CT molecular complexity index is 691. The Morgan fingerprint density at radius 3 is 2.79 bits per heavy atom. The molecule has 7 heteroatoms. The number of guanidine groups is 1. The molecule has 1 aromatic carbocycles. The van der Waals surface area contributed by atoms with Gasteiger partial charge in [0.15, 0.2) is 5.96 Å². The SMILES string of the molecule is CCNC(=NCc1cccc(NC(=O)C2CCC2)c1)N1CCSC(C)(C)C1.I. The Hall–Kier alpha value is -0.960. The first-order valence-electron chi connectivity index (χ1n) is 10.0. The lowest BCUT2D eigenvalue weighted by Crippen LogP contribution is -2.50. The zero-order valence-electron chi connectivity index (χ0n) is 17.2. The minimum atomic E-state index is 0. The summed E-state index contributed by atoms with van der Waals surface area (Å²) in [5.74, 6) is 2.46. The number of nitrogens with one attached hydrogen (secondary N) is 2. The minimum Gasteiger partial charge on any atom is -0.357 e. The van der Waals surface area contributed by atoms with Gasteiger partial charge in [0.25, 0.3) is 0 Å². The van der Waals surface area contributed by atoms with Crippen molar-refractivity contribution in [3.05, 3.63) is 29.8 Å². The van der Waals surface area contributed by atoms with E-state index in [4.69, 9.17) is 4.99 Å². The average Bonchev–Trinajstić information content (AvgIpc) is 2.56. The number of hydrogen-bond donors (Lipinski definition) is 2. The predicted molar refractivity (Wildman–Crippen MR) is 131 cm³/mol. The first kappa shape index (κ1) is 23.3. The maximum atomic E-state index is 12.2. The van der Waals surface area contributed by atoms with Gasteiger partial charge in [-0.25, -0.2) is 4.99 Å². The highest BCUT2D eigenvalue weighted by Gasteiger charge is 2.28. The maximum absolute atomic E-state index is 12.2. The number of rotatable bonds is 5. The summed E-state index contributed by atoms with van der Waals surface area (Å²) in [5, 5.41) is 6.49. The molecule has 5 nitrogen and oxygen atoms in total. The first-order chi connectivity index (χ1) is 13.0. The number of hydrogen-bond acceptors (Lipinski definition) is 3. The highest BCUT2D eigenvalue weighted by Crippen LogP contribution is 2.30. The summed E-state index contributed by atoms with van der Waals surface area (Å²) in [6.45, 7) is 10.2. The van der Waals surface area contributed by atoms with Crippen LogP contribution in [0.25, 0.3) is 0 Å². The van der Waals surface area contributed by atoms with Crippen LogP contribution in [0.2, 0.25) is 0 Å². The Morgan fingerprint density at radius 1 is 1.36 bits per heavy atom. The third-order valence-corrected chi connectivity index (χ3v) is 6.44. The van der Waals surface area contributed by atoms with Crippen molar-refractivity contribution in [2.24, 2.45) is 10.9 Å². The van der Waals surface area contributed by atoms with E-state index in [1.807, 2.05) is 30.0 Å². The van der Waals surface area contributed by atoms with E-state index in [0.29, 0.717) is 6.54 Å². The van der Waals surface area contributed by atoms with E-state index >= 15 is 0 Å². The number of benzene rings is 1. The Labute approximate surface area is 190 Å². The molecule has 2 N–H and O–H groups in total. The number of nitrogens with zero attached hydrogens (tertiary/aromatic N) is 2. The molecule has 1 amide bonds.